The molecule has 0 saturated heterocycles. The Morgan fingerprint density at radius 3 is 2.03 bits per heavy atom. The second-order valence-corrected chi connectivity index (χ2v) is 9.13. The molecule has 0 aliphatic carbocycles. The predicted molar refractivity (Wildman–Crippen MR) is 129 cm³/mol. The Kier molecular flexibility index (Phi) is 6.30. The SMILES string of the molecule is CC(C)(C)c1ccc(OCCNC[C@H](O)Cn2c3ccccc3c3ccccc32)cc1. The number of rotatable bonds is 8. The fourth-order valence-corrected chi connectivity index (χ4v) is 4.04. The minimum atomic E-state index is -0.481. The molecule has 0 aliphatic heterocycles. The first-order valence-corrected chi connectivity index (χ1v) is 11.0. The van der Waals surface area contributed by atoms with Gasteiger partial charge in [0.05, 0.1) is 12.6 Å². The van der Waals surface area contributed by atoms with Crippen molar-refractivity contribution in [3.8, 4) is 5.75 Å². The zero-order valence-corrected chi connectivity index (χ0v) is 18.6. The van der Waals surface area contributed by atoms with Crippen molar-refractivity contribution in [2.75, 3.05) is 19.7 Å². The van der Waals surface area contributed by atoms with Crippen LogP contribution in [-0.2, 0) is 12.0 Å². The molecular formula is C27H32N2O2. The lowest BCUT2D eigenvalue weighted by Crippen LogP contribution is -2.32. The lowest BCUT2D eigenvalue weighted by atomic mass is 9.87. The number of aromatic nitrogens is 1. The van der Waals surface area contributed by atoms with Gasteiger partial charge in [-0.25, -0.2) is 0 Å². The van der Waals surface area contributed by atoms with Crippen molar-refractivity contribution in [3.63, 3.8) is 0 Å². The van der Waals surface area contributed by atoms with E-state index in [0.717, 1.165) is 16.8 Å². The van der Waals surface area contributed by atoms with E-state index in [1.54, 1.807) is 0 Å². The van der Waals surface area contributed by atoms with E-state index in [0.29, 0.717) is 26.2 Å². The first kappa shape index (κ1) is 21.4. The second kappa shape index (κ2) is 9.13. The number of nitrogens with zero attached hydrogens (tertiary/aromatic N) is 1. The molecule has 0 bridgehead atoms. The molecule has 0 saturated carbocycles. The van der Waals surface area contributed by atoms with Crippen molar-refractivity contribution in [2.24, 2.45) is 0 Å². The molecule has 4 nitrogen and oxygen atoms in total. The minimum absolute atomic E-state index is 0.145. The van der Waals surface area contributed by atoms with Gasteiger partial charge >= 0.3 is 0 Å². The van der Waals surface area contributed by atoms with Crippen molar-refractivity contribution in [2.45, 2.75) is 38.8 Å². The molecule has 1 heterocycles. The maximum Gasteiger partial charge on any atom is 0.119 e. The molecule has 0 radical (unpaired) electrons. The highest BCUT2D eigenvalue weighted by molar-refractivity contribution is 6.07. The van der Waals surface area contributed by atoms with Crippen LogP contribution in [-0.4, -0.2) is 35.5 Å². The molecule has 1 aromatic heterocycles. The Morgan fingerprint density at radius 2 is 1.45 bits per heavy atom. The summed E-state index contributed by atoms with van der Waals surface area (Å²) in [5.74, 6) is 0.876. The summed E-state index contributed by atoms with van der Waals surface area (Å²) in [6.45, 7) is 8.94. The second-order valence-electron chi connectivity index (χ2n) is 9.13. The molecule has 4 aromatic rings. The first-order chi connectivity index (χ1) is 14.9. The molecule has 2 N–H and O–H groups in total. The Labute approximate surface area is 184 Å². The van der Waals surface area contributed by atoms with Crippen LogP contribution < -0.4 is 10.1 Å². The Balaban J connectivity index is 1.29. The highest BCUT2D eigenvalue weighted by atomic mass is 16.5. The zero-order valence-electron chi connectivity index (χ0n) is 18.6. The van der Waals surface area contributed by atoms with E-state index >= 15 is 0 Å². The molecule has 0 spiro atoms. The Morgan fingerprint density at radius 1 is 0.871 bits per heavy atom. The van der Waals surface area contributed by atoms with E-state index in [2.05, 4.69) is 79.2 Å². The summed E-state index contributed by atoms with van der Waals surface area (Å²) in [6, 6.07) is 25.0. The van der Waals surface area contributed by atoms with E-state index in [1.807, 2.05) is 24.3 Å². The first-order valence-electron chi connectivity index (χ1n) is 11.0. The molecular weight excluding hydrogens is 384 g/mol. The van der Waals surface area contributed by atoms with Crippen LogP contribution in [0, 0.1) is 0 Å². The number of aliphatic hydroxyl groups is 1. The molecule has 0 fully saturated rings. The third-order valence-electron chi connectivity index (χ3n) is 5.72. The van der Waals surface area contributed by atoms with Crippen LogP contribution in [0.25, 0.3) is 21.8 Å². The number of benzene rings is 3. The number of nitrogens with one attached hydrogen (secondary N) is 1. The smallest absolute Gasteiger partial charge is 0.119 e. The van der Waals surface area contributed by atoms with Crippen LogP contribution in [0.3, 0.4) is 0 Å². The van der Waals surface area contributed by atoms with E-state index in [4.69, 9.17) is 4.74 Å². The van der Waals surface area contributed by atoms with Gasteiger partial charge in [-0.3, -0.25) is 0 Å². The fourth-order valence-electron chi connectivity index (χ4n) is 4.04. The maximum atomic E-state index is 10.6. The van der Waals surface area contributed by atoms with E-state index in [9.17, 15) is 5.11 Å². The highest BCUT2D eigenvalue weighted by Gasteiger charge is 2.14. The standard InChI is InChI=1S/C27H32N2O2/c1-27(2,3)20-12-14-22(15-13-20)31-17-16-28-18-21(30)19-29-25-10-6-4-8-23(25)24-9-5-7-11-26(24)29/h4-15,21,28,30H,16-19H2,1-3H3/t21-/m0/s1. The van der Waals surface area contributed by atoms with Gasteiger partial charge in [0.2, 0.25) is 0 Å². The average molecular weight is 417 g/mol. The van der Waals surface area contributed by atoms with Gasteiger partial charge in [0, 0.05) is 34.9 Å². The molecule has 0 aliphatic rings. The number of aliphatic hydroxyl groups excluding tert-OH is 1. The third kappa shape index (κ3) is 4.92. The zero-order chi connectivity index (χ0) is 21.8. The van der Waals surface area contributed by atoms with Crippen LogP contribution >= 0.6 is 0 Å². The summed E-state index contributed by atoms with van der Waals surface area (Å²) in [4.78, 5) is 0. The molecule has 3 aromatic carbocycles. The summed E-state index contributed by atoms with van der Waals surface area (Å²) < 4.78 is 8.04. The number of hydrogen-bond donors (Lipinski definition) is 2. The van der Waals surface area contributed by atoms with Crippen LogP contribution in [0.2, 0.25) is 0 Å². The summed E-state index contributed by atoms with van der Waals surface area (Å²) >= 11 is 0. The van der Waals surface area contributed by atoms with Gasteiger partial charge in [-0.05, 0) is 35.2 Å². The summed E-state index contributed by atoms with van der Waals surface area (Å²) in [7, 11) is 0. The molecule has 4 heteroatoms. The molecule has 31 heavy (non-hydrogen) atoms. The summed E-state index contributed by atoms with van der Waals surface area (Å²) in [5.41, 5.74) is 3.76. The lowest BCUT2D eigenvalue weighted by Gasteiger charge is -2.19. The average Bonchev–Trinajstić information content (AvgIpc) is 3.07. The monoisotopic (exact) mass is 416 g/mol. The van der Waals surface area contributed by atoms with Crippen LogP contribution in [0.15, 0.2) is 72.8 Å². The molecule has 4 rings (SSSR count). The van der Waals surface area contributed by atoms with Crippen molar-refractivity contribution < 1.29 is 9.84 Å². The van der Waals surface area contributed by atoms with Crippen molar-refractivity contribution in [3.05, 3.63) is 78.4 Å². The van der Waals surface area contributed by atoms with E-state index < -0.39 is 6.10 Å². The van der Waals surface area contributed by atoms with Gasteiger partial charge in [0.15, 0.2) is 0 Å². The summed E-state index contributed by atoms with van der Waals surface area (Å²) in [5, 5.41) is 16.4. The molecule has 162 valence electrons. The third-order valence-corrected chi connectivity index (χ3v) is 5.72. The van der Waals surface area contributed by atoms with Gasteiger partial charge in [0.1, 0.15) is 12.4 Å². The number of ether oxygens (including phenoxy) is 1. The Hall–Kier alpha value is -2.82. The van der Waals surface area contributed by atoms with Crippen LogP contribution in [0.5, 0.6) is 5.75 Å². The molecule has 1 atom stereocenters. The molecule has 0 amide bonds. The van der Waals surface area contributed by atoms with Crippen LogP contribution in [0.4, 0.5) is 0 Å². The quantitative estimate of drug-likeness (QED) is 0.392. The van der Waals surface area contributed by atoms with Crippen molar-refractivity contribution >= 4 is 21.8 Å². The van der Waals surface area contributed by atoms with E-state index in [-0.39, 0.29) is 5.41 Å². The number of para-hydroxylation sites is 2. The largest absolute Gasteiger partial charge is 0.492 e. The van der Waals surface area contributed by atoms with E-state index in [1.165, 1.54) is 16.3 Å². The van der Waals surface area contributed by atoms with Crippen molar-refractivity contribution in [1.29, 1.82) is 0 Å². The maximum absolute atomic E-state index is 10.6. The Bertz CT molecular complexity index is 1090. The van der Waals surface area contributed by atoms with Gasteiger partial charge in [0.25, 0.3) is 0 Å². The van der Waals surface area contributed by atoms with Crippen LogP contribution in [0.1, 0.15) is 26.3 Å². The highest BCUT2D eigenvalue weighted by Crippen LogP contribution is 2.29. The predicted octanol–water partition coefficient (Wildman–Crippen LogP) is 5.12. The van der Waals surface area contributed by atoms with Gasteiger partial charge in [-0.15, -0.1) is 0 Å². The van der Waals surface area contributed by atoms with Crippen molar-refractivity contribution in [1.82, 2.24) is 9.88 Å². The normalized spacial score (nSPS) is 13.0. The lowest BCUT2D eigenvalue weighted by molar-refractivity contribution is 0.152. The van der Waals surface area contributed by atoms with Gasteiger partial charge in [-0.2, -0.15) is 0 Å². The van der Waals surface area contributed by atoms with Gasteiger partial charge in [-0.1, -0.05) is 69.3 Å². The summed E-state index contributed by atoms with van der Waals surface area (Å²) in [6.07, 6.45) is -0.481. The number of fused-ring (bicyclic) bond motifs is 3. The minimum Gasteiger partial charge on any atom is -0.492 e. The topological polar surface area (TPSA) is 46.4 Å². The number of hydrogen-bond acceptors (Lipinski definition) is 3. The fraction of sp³-hybridized carbons (Fsp3) is 0.333. The van der Waals surface area contributed by atoms with Gasteiger partial charge < -0.3 is 19.7 Å². The molecule has 0 unspecified atom stereocenters.